The molecule has 0 atom stereocenters. The molecule has 6 nitrogen and oxygen atoms in total. The second-order valence-electron chi connectivity index (χ2n) is 5.33. The normalized spacial score (nSPS) is 11.9. The van der Waals surface area contributed by atoms with Crippen LogP contribution in [0.4, 0.5) is 0 Å². The summed E-state index contributed by atoms with van der Waals surface area (Å²) in [6, 6.07) is 0.263. The van der Waals surface area contributed by atoms with E-state index in [0.29, 0.717) is 0 Å². The minimum atomic E-state index is -0.552. The summed E-state index contributed by atoms with van der Waals surface area (Å²) in [4.78, 5) is 13.6. The molecule has 1 heterocycles. The Balaban J connectivity index is 2.62. The first-order chi connectivity index (χ1) is 8.79. The van der Waals surface area contributed by atoms with Gasteiger partial charge in [-0.2, -0.15) is 0 Å². The van der Waals surface area contributed by atoms with Gasteiger partial charge in [0.1, 0.15) is 6.33 Å². The standard InChI is InChI=1S/C12H22N4O2S/c1-9(2)16-8-13-14-11(16)19-6-10(18)15(5)12(3,4)7-17/h8-9,17H,6-7H2,1-5H3. The molecule has 0 fully saturated rings. The van der Waals surface area contributed by atoms with Crippen molar-refractivity contribution in [1.82, 2.24) is 19.7 Å². The summed E-state index contributed by atoms with van der Waals surface area (Å²) >= 11 is 1.36. The molecule has 1 aromatic rings. The summed E-state index contributed by atoms with van der Waals surface area (Å²) in [5.41, 5.74) is -0.552. The number of nitrogens with zero attached hydrogens (tertiary/aromatic N) is 4. The molecule has 1 aromatic heterocycles. The van der Waals surface area contributed by atoms with Gasteiger partial charge in [-0.15, -0.1) is 10.2 Å². The van der Waals surface area contributed by atoms with Crippen molar-refractivity contribution in [3.05, 3.63) is 6.33 Å². The van der Waals surface area contributed by atoms with Gasteiger partial charge in [0.15, 0.2) is 5.16 Å². The number of aromatic nitrogens is 3. The lowest BCUT2D eigenvalue weighted by atomic mass is 10.1. The number of hydrogen-bond donors (Lipinski definition) is 1. The first kappa shape index (κ1) is 16.0. The van der Waals surface area contributed by atoms with Gasteiger partial charge in [0.25, 0.3) is 0 Å². The van der Waals surface area contributed by atoms with Crippen molar-refractivity contribution in [2.75, 3.05) is 19.4 Å². The van der Waals surface area contributed by atoms with Crippen LogP contribution in [0.2, 0.25) is 0 Å². The molecule has 19 heavy (non-hydrogen) atoms. The quantitative estimate of drug-likeness (QED) is 0.795. The zero-order valence-electron chi connectivity index (χ0n) is 12.1. The number of rotatable bonds is 6. The van der Waals surface area contributed by atoms with E-state index >= 15 is 0 Å². The van der Waals surface area contributed by atoms with Crippen LogP contribution in [0.15, 0.2) is 11.5 Å². The summed E-state index contributed by atoms with van der Waals surface area (Å²) in [6.45, 7) is 7.66. The van der Waals surface area contributed by atoms with E-state index in [1.165, 1.54) is 11.8 Å². The molecule has 1 amide bonds. The van der Waals surface area contributed by atoms with E-state index in [1.807, 2.05) is 32.3 Å². The van der Waals surface area contributed by atoms with Gasteiger partial charge in [-0.05, 0) is 27.7 Å². The molecular formula is C12H22N4O2S. The SMILES string of the molecule is CC(C)n1cnnc1SCC(=O)N(C)C(C)(C)CO. The fourth-order valence-electron chi connectivity index (χ4n) is 1.36. The molecule has 0 unspecified atom stereocenters. The first-order valence-electron chi connectivity index (χ1n) is 6.19. The summed E-state index contributed by atoms with van der Waals surface area (Å²) in [5.74, 6) is 0.244. The molecule has 0 saturated carbocycles. The number of carbonyl (C=O) groups excluding carboxylic acids is 1. The van der Waals surface area contributed by atoms with Crippen molar-refractivity contribution in [1.29, 1.82) is 0 Å². The number of hydrogen-bond acceptors (Lipinski definition) is 5. The third-order valence-corrected chi connectivity index (χ3v) is 4.03. The third kappa shape index (κ3) is 3.94. The fourth-order valence-corrected chi connectivity index (χ4v) is 2.31. The molecule has 0 aliphatic heterocycles. The predicted octanol–water partition coefficient (Wildman–Crippen LogP) is 1.18. The molecule has 7 heteroatoms. The monoisotopic (exact) mass is 286 g/mol. The highest BCUT2D eigenvalue weighted by Gasteiger charge is 2.26. The first-order valence-corrected chi connectivity index (χ1v) is 7.18. The second kappa shape index (κ2) is 6.38. The van der Waals surface area contributed by atoms with Crippen LogP contribution in [0.5, 0.6) is 0 Å². The largest absolute Gasteiger partial charge is 0.394 e. The molecule has 108 valence electrons. The Morgan fingerprint density at radius 2 is 2.21 bits per heavy atom. The van der Waals surface area contributed by atoms with Crippen molar-refractivity contribution < 1.29 is 9.90 Å². The Hall–Kier alpha value is -1.08. The van der Waals surface area contributed by atoms with Crippen LogP contribution >= 0.6 is 11.8 Å². The molecule has 0 aliphatic rings. The van der Waals surface area contributed by atoms with Gasteiger partial charge in [-0.1, -0.05) is 11.8 Å². The molecule has 0 radical (unpaired) electrons. The van der Waals surface area contributed by atoms with Crippen LogP contribution in [-0.2, 0) is 4.79 Å². The molecular weight excluding hydrogens is 264 g/mol. The van der Waals surface area contributed by atoms with Crippen molar-refractivity contribution >= 4 is 17.7 Å². The molecule has 1 N–H and O–H groups in total. The predicted molar refractivity (Wildman–Crippen MR) is 75.1 cm³/mol. The molecule has 0 spiro atoms. The highest BCUT2D eigenvalue weighted by atomic mass is 32.2. The third-order valence-electron chi connectivity index (χ3n) is 3.09. The second-order valence-corrected chi connectivity index (χ2v) is 6.27. The average Bonchev–Trinajstić information content (AvgIpc) is 2.83. The van der Waals surface area contributed by atoms with Gasteiger partial charge in [-0.3, -0.25) is 4.79 Å². The summed E-state index contributed by atoms with van der Waals surface area (Å²) in [7, 11) is 1.70. The molecule has 0 aliphatic carbocycles. The summed E-state index contributed by atoms with van der Waals surface area (Å²) < 4.78 is 1.93. The van der Waals surface area contributed by atoms with Crippen LogP contribution in [0.25, 0.3) is 0 Å². The number of carbonyl (C=O) groups is 1. The minimum Gasteiger partial charge on any atom is -0.394 e. The number of amides is 1. The van der Waals surface area contributed by atoms with E-state index in [2.05, 4.69) is 10.2 Å². The Labute approximate surface area is 118 Å². The lowest BCUT2D eigenvalue weighted by Gasteiger charge is -2.33. The lowest BCUT2D eigenvalue weighted by Crippen LogP contribution is -2.48. The van der Waals surface area contributed by atoms with E-state index in [4.69, 9.17) is 0 Å². The zero-order valence-corrected chi connectivity index (χ0v) is 12.9. The van der Waals surface area contributed by atoms with Crippen molar-refractivity contribution in [2.24, 2.45) is 0 Å². The minimum absolute atomic E-state index is 0.0395. The lowest BCUT2D eigenvalue weighted by molar-refractivity contribution is -0.133. The van der Waals surface area contributed by atoms with Crippen LogP contribution < -0.4 is 0 Å². The van der Waals surface area contributed by atoms with Crippen molar-refractivity contribution in [3.8, 4) is 0 Å². The van der Waals surface area contributed by atoms with Crippen molar-refractivity contribution in [3.63, 3.8) is 0 Å². The van der Waals surface area contributed by atoms with Gasteiger partial charge >= 0.3 is 0 Å². The van der Waals surface area contributed by atoms with Gasteiger partial charge in [-0.25, -0.2) is 0 Å². The highest BCUT2D eigenvalue weighted by Crippen LogP contribution is 2.20. The maximum Gasteiger partial charge on any atom is 0.233 e. The number of aliphatic hydroxyl groups excluding tert-OH is 1. The highest BCUT2D eigenvalue weighted by molar-refractivity contribution is 7.99. The number of aliphatic hydroxyl groups is 1. The van der Waals surface area contributed by atoms with Gasteiger partial charge < -0.3 is 14.6 Å². The van der Waals surface area contributed by atoms with Gasteiger partial charge in [0.05, 0.1) is 17.9 Å². The molecule has 0 bridgehead atoms. The van der Waals surface area contributed by atoms with Crippen LogP contribution in [0.3, 0.4) is 0 Å². The average molecular weight is 286 g/mol. The van der Waals surface area contributed by atoms with E-state index < -0.39 is 5.54 Å². The molecule has 1 rings (SSSR count). The smallest absolute Gasteiger partial charge is 0.233 e. The fraction of sp³-hybridized carbons (Fsp3) is 0.750. The zero-order chi connectivity index (χ0) is 14.6. The Morgan fingerprint density at radius 1 is 1.58 bits per heavy atom. The van der Waals surface area contributed by atoms with Crippen LogP contribution in [0, 0.1) is 0 Å². The summed E-state index contributed by atoms with van der Waals surface area (Å²) in [6.07, 6.45) is 1.67. The number of likely N-dealkylation sites (N-methyl/N-ethyl adjacent to an activating group) is 1. The Bertz CT molecular complexity index is 431. The number of thioether (sulfide) groups is 1. The van der Waals surface area contributed by atoms with Gasteiger partial charge in [0, 0.05) is 13.1 Å². The van der Waals surface area contributed by atoms with Crippen molar-refractivity contribution in [2.45, 2.75) is 44.4 Å². The van der Waals surface area contributed by atoms with E-state index in [-0.39, 0.29) is 24.3 Å². The Morgan fingerprint density at radius 3 is 2.74 bits per heavy atom. The van der Waals surface area contributed by atoms with E-state index in [9.17, 15) is 9.90 Å². The maximum absolute atomic E-state index is 12.1. The van der Waals surface area contributed by atoms with Crippen LogP contribution in [0.1, 0.15) is 33.7 Å². The maximum atomic E-state index is 12.1. The van der Waals surface area contributed by atoms with E-state index in [0.717, 1.165) is 5.16 Å². The van der Waals surface area contributed by atoms with Crippen LogP contribution in [-0.4, -0.2) is 55.6 Å². The molecule has 0 aromatic carbocycles. The Kier molecular flexibility index (Phi) is 5.37. The van der Waals surface area contributed by atoms with E-state index in [1.54, 1.807) is 18.3 Å². The topological polar surface area (TPSA) is 71.2 Å². The summed E-state index contributed by atoms with van der Waals surface area (Å²) in [5, 5.41) is 17.9. The molecule has 0 saturated heterocycles. The van der Waals surface area contributed by atoms with Gasteiger partial charge in [0.2, 0.25) is 5.91 Å².